The molecule has 1 N–H and O–H groups in total. The van der Waals surface area contributed by atoms with E-state index < -0.39 is 0 Å². The van der Waals surface area contributed by atoms with Gasteiger partial charge in [0.1, 0.15) is 0 Å². The highest BCUT2D eigenvalue weighted by atomic mass is 16.5. The van der Waals surface area contributed by atoms with Gasteiger partial charge in [-0.1, -0.05) is 12.1 Å². The second kappa shape index (κ2) is 10.7. The maximum absolute atomic E-state index is 12.7. The lowest BCUT2D eigenvalue weighted by Crippen LogP contribution is -2.47. The molecule has 2 aliphatic rings. The van der Waals surface area contributed by atoms with Crippen LogP contribution >= 0.6 is 0 Å². The van der Waals surface area contributed by atoms with E-state index in [0.29, 0.717) is 17.7 Å². The van der Waals surface area contributed by atoms with Crippen molar-refractivity contribution >= 4 is 11.8 Å². The largest absolute Gasteiger partial charge is 0.379 e. The molecule has 32 heavy (non-hydrogen) atoms. The van der Waals surface area contributed by atoms with Crippen LogP contribution in [0, 0.1) is 0 Å². The third-order valence-electron chi connectivity index (χ3n) is 6.07. The summed E-state index contributed by atoms with van der Waals surface area (Å²) >= 11 is 0. The van der Waals surface area contributed by atoms with Gasteiger partial charge in [-0.05, 0) is 30.8 Å². The van der Waals surface area contributed by atoms with Gasteiger partial charge >= 0.3 is 0 Å². The monoisotopic (exact) mass is 437 g/mol. The smallest absolute Gasteiger partial charge is 0.253 e. The summed E-state index contributed by atoms with van der Waals surface area (Å²) in [5, 5.41) is 2.97. The average Bonchev–Trinajstić information content (AvgIpc) is 2.85. The van der Waals surface area contributed by atoms with Gasteiger partial charge in [0.25, 0.3) is 11.8 Å². The molecule has 8 heteroatoms. The van der Waals surface area contributed by atoms with E-state index in [0.717, 1.165) is 70.2 Å². The van der Waals surface area contributed by atoms with Gasteiger partial charge in [-0.3, -0.25) is 19.5 Å². The Morgan fingerprint density at radius 1 is 0.938 bits per heavy atom. The minimum absolute atomic E-state index is 0.0659. The van der Waals surface area contributed by atoms with Crippen molar-refractivity contribution in [2.45, 2.75) is 0 Å². The van der Waals surface area contributed by atoms with E-state index in [2.05, 4.69) is 27.1 Å². The summed E-state index contributed by atoms with van der Waals surface area (Å²) < 4.78 is 5.35. The first kappa shape index (κ1) is 22.4. The van der Waals surface area contributed by atoms with Crippen LogP contribution in [0.2, 0.25) is 0 Å². The van der Waals surface area contributed by atoms with Crippen molar-refractivity contribution in [1.82, 2.24) is 25.0 Å². The van der Waals surface area contributed by atoms with Crippen LogP contribution in [0.4, 0.5) is 0 Å². The van der Waals surface area contributed by atoms with Crippen molar-refractivity contribution in [3.63, 3.8) is 0 Å². The number of nitrogens with zero attached hydrogens (tertiary/aromatic N) is 4. The molecule has 2 aliphatic heterocycles. The van der Waals surface area contributed by atoms with Gasteiger partial charge in [-0.25, -0.2) is 0 Å². The zero-order chi connectivity index (χ0) is 22.3. The Morgan fingerprint density at radius 3 is 2.38 bits per heavy atom. The first-order valence-electron chi connectivity index (χ1n) is 11.2. The predicted octanol–water partition coefficient (Wildman–Crippen LogP) is 1.20. The number of rotatable bonds is 6. The first-order chi connectivity index (χ1) is 15.6. The van der Waals surface area contributed by atoms with Gasteiger partial charge in [-0.2, -0.15) is 0 Å². The molecule has 4 rings (SSSR count). The van der Waals surface area contributed by atoms with Crippen LogP contribution in [0.15, 0.2) is 42.7 Å². The standard InChI is InChI=1S/C24H31N5O3/c1-27-8-10-29(11-9-27)24(31)20-4-2-19(3-5-20)21-16-22(18-25-17-21)23(30)26-6-7-28-12-14-32-15-13-28/h2-5,16-18H,6-15H2,1H3,(H,26,30). The molecule has 2 fully saturated rings. The zero-order valence-corrected chi connectivity index (χ0v) is 18.6. The lowest BCUT2D eigenvalue weighted by Gasteiger charge is -2.32. The third kappa shape index (κ3) is 5.70. The number of hydrogen-bond donors (Lipinski definition) is 1. The minimum Gasteiger partial charge on any atom is -0.379 e. The van der Waals surface area contributed by atoms with Crippen LogP contribution < -0.4 is 5.32 Å². The summed E-state index contributed by atoms with van der Waals surface area (Å²) in [7, 11) is 2.07. The number of nitrogens with one attached hydrogen (secondary N) is 1. The van der Waals surface area contributed by atoms with Crippen molar-refractivity contribution in [3.05, 3.63) is 53.9 Å². The molecular weight excluding hydrogens is 406 g/mol. The Labute approximate surface area is 189 Å². The van der Waals surface area contributed by atoms with Crippen molar-refractivity contribution in [2.75, 3.05) is 72.6 Å². The lowest BCUT2D eigenvalue weighted by molar-refractivity contribution is 0.0383. The normalized spacial score (nSPS) is 17.8. The fourth-order valence-corrected chi connectivity index (χ4v) is 3.97. The molecule has 0 saturated carbocycles. The maximum Gasteiger partial charge on any atom is 0.253 e. The molecule has 2 aromatic rings. The fraction of sp³-hybridized carbons (Fsp3) is 0.458. The second-order valence-corrected chi connectivity index (χ2v) is 8.35. The lowest BCUT2D eigenvalue weighted by atomic mass is 10.0. The number of ether oxygens (including phenoxy) is 1. The van der Waals surface area contributed by atoms with Crippen molar-refractivity contribution in [3.8, 4) is 11.1 Å². The Morgan fingerprint density at radius 2 is 1.66 bits per heavy atom. The van der Waals surface area contributed by atoms with Crippen LogP contribution in [0.25, 0.3) is 11.1 Å². The fourth-order valence-electron chi connectivity index (χ4n) is 3.97. The Bertz CT molecular complexity index is 919. The number of amides is 2. The molecule has 0 radical (unpaired) electrons. The number of piperazine rings is 1. The average molecular weight is 438 g/mol. The van der Waals surface area contributed by atoms with E-state index >= 15 is 0 Å². The van der Waals surface area contributed by atoms with Gasteiger partial charge in [0, 0.05) is 75.9 Å². The Balaban J connectivity index is 1.35. The molecule has 1 aromatic carbocycles. The third-order valence-corrected chi connectivity index (χ3v) is 6.07. The number of benzene rings is 1. The molecule has 2 saturated heterocycles. The quantitative estimate of drug-likeness (QED) is 0.732. The minimum atomic E-state index is -0.130. The molecule has 0 bridgehead atoms. The maximum atomic E-state index is 12.7. The molecule has 0 atom stereocenters. The molecule has 3 heterocycles. The molecule has 0 spiro atoms. The van der Waals surface area contributed by atoms with E-state index in [9.17, 15) is 9.59 Å². The summed E-state index contributed by atoms with van der Waals surface area (Å²) in [5.74, 6) is -0.0642. The van der Waals surface area contributed by atoms with Gasteiger partial charge in [0.2, 0.25) is 0 Å². The van der Waals surface area contributed by atoms with Crippen molar-refractivity contribution < 1.29 is 14.3 Å². The van der Waals surface area contributed by atoms with Crippen LogP contribution in [-0.4, -0.2) is 104 Å². The topological polar surface area (TPSA) is 78.0 Å². The van der Waals surface area contributed by atoms with Crippen molar-refractivity contribution in [1.29, 1.82) is 0 Å². The van der Waals surface area contributed by atoms with Gasteiger partial charge in [0.15, 0.2) is 0 Å². The van der Waals surface area contributed by atoms with Gasteiger partial charge in [-0.15, -0.1) is 0 Å². The summed E-state index contributed by atoms with van der Waals surface area (Å²) in [4.78, 5) is 36.0. The Hall–Kier alpha value is -2.81. The number of aromatic nitrogens is 1. The number of carbonyl (C=O) groups excluding carboxylic acids is 2. The molecular formula is C24H31N5O3. The molecule has 0 aliphatic carbocycles. The van der Waals surface area contributed by atoms with Crippen LogP contribution in [0.3, 0.4) is 0 Å². The zero-order valence-electron chi connectivity index (χ0n) is 18.6. The van der Waals surface area contributed by atoms with E-state index in [-0.39, 0.29) is 11.8 Å². The summed E-state index contributed by atoms with van der Waals surface area (Å²) in [6.07, 6.45) is 3.32. The highest BCUT2D eigenvalue weighted by Gasteiger charge is 2.20. The predicted molar refractivity (Wildman–Crippen MR) is 123 cm³/mol. The summed E-state index contributed by atoms with van der Waals surface area (Å²) in [6, 6.07) is 9.38. The highest BCUT2D eigenvalue weighted by Crippen LogP contribution is 2.21. The van der Waals surface area contributed by atoms with Crippen LogP contribution in [-0.2, 0) is 4.74 Å². The van der Waals surface area contributed by atoms with Crippen LogP contribution in [0.5, 0.6) is 0 Å². The van der Waals surface area contributed by atoms with Crippen LogP contribution in [0.1, 0.15) is 20.7 Å². The molecule has 1 aromatic heterocycles. The van der Waals surface area contributed by atoms with E-state index in [1.165, 1.54) is 0 Å². The summed E-state index contributed by atoms with van der Waals surface area (Å²) in [5.41, 5.74) is 2.99. The highest BCUT2D eigenvalue weighted by molar-refractivity contribution is 5.96. The van der Waals surface area contributed by atoms with Crippen molar-refractivity contribution in [2.24, 2.45) is 0 Å². The number of morpholine rings is 1. The number of pyridine rings is 1. The van der Waals surface area contributed by atoms with E-state index in [1.54, 1.807) is 12.4 Å². The molecule has 8 nitrogen and oxygen atoms in total. The van der Waals surface area contributed by atoms with Gasteiger partial charge < -0.3 is 19.9 Å². The number of carbonyl (C=O) groups is 2. The first-order valence-corrected chi connectivity index (χ1v) is 11.2. The summed E-state index contributed by atoms with van der Waals surface area (Å²) in [6.45, 7) is 8.01. The SMILES string of the molecule is CN1CCN(C(=O)c2ccc(-c3cncc(C(=O)NCCN4CCOCC4)c3)cc2)CC1. The molecule has 170 valence electrons. The Kier molecular flexibility index (Phi) is 7.47. The van der Waals surface area contributed by atoms with E-state index in [4.69, 9.17) is 4.74 Å². The molecule has 0 unspecified atom stereocenters. The second-order valence-electron chi connectivity index (χ2n) is 8.35. The molecule has 2 amide bonds. The number of likely N-dealkylation sites (N-methyl/N-ethyl adjacent to an activating group) is 1. The number of hydrogen-bond acceptors (Lipinski definition) is 6. The van der Waals surface area contributed by atoms with Gasteiger partial charge in [0.05, 0.1) is 18.8 Å². The van der Waals surface area contributed by atoms with E-state index in [1.807, 2.05) is 35.2 Å².